The Morgan fingerprint density at radius 3 is 2.84 bits per heavy atom. The second-order valence-corrected chi connectivity index (χ2v) is 5.38. The molecule has 2 heterocycles. The van der Waals surface area contributed by atoms with E-state index in [0.717, 1.165) is 36.6 Å². The average molecular weight is 265 g/mol. The molecule has 0 spiro atoms. The highest BCUT2D eigenvalue weighted by Crippen LogP contribution is 2.24. The number of hydrogen-bond donors (Lipinski definition) is 2. The van der Waals surface area contributed by atoms with Gasteiger partial charge in [-0.3, -0.25) is 0 Å². The monoisotopic (exact) mass is 265 g/mol. The molecule has 0 bridgehead atoms. The summed E-state index contributed by atoms with van der Waals surface area (Å²) in [5, 5.41) is 19.4. The van der Waals surface area contributed by atoms with Crippen molar-refractivity contribution in [3.05, 3.63) is 17.5 Å². The number of nitrogens with zero attached hydrogens (tertiary/aromatic N) is 3. The molecule has 2 rings (SSSR count). The number of aryl methyl sites for hydroxylation is 2. The first kappa shape index (κ1) is 14.2. The van der Waals surface area contributed by atoms with Crippen LogP contribution < -0.4 is 4.90 Å². The lowest BCUT2D eigenvalue weighted by atomic mass is 9.96. The lowest BCUT2D eigenvalue weighted by Crippen LogP contribution is -2.35. The Balaban J connectivity index is 2.14. The third kappa shape index (κ3) is 3.22. The molecule has 1 aliphatic rings. The Kier molecular flexibility index (Phi) is 4.37. The summed E-state index contributed by atoms with van der Waals surface area (Å²) < 4.78 is 0. The first-order chi connectivity index (χ1) is 9.08. The van der Waals surface area contributed by atoms with Gasteiger partial charge >= 0.3 is 0 Å². The van der Waals surface area contributed by atoms with Crippen molar-refractivity contribution < 1.29 is 10.2 Å². The van der Waals surface area contributed by atoms with Gasteiger partial charge in [-0.05, 0) is 38.2 Å². The van der Waals surface area contributed by atoms with Crippen LogP contribution in [0.4, 0.5) is 5.95 Å². The summed E-state index contributed by atoms with van der Waals surface area (Å²) in [5.74, 6) is 0.740. The fourth-order valence-corrected chi connectivity index (χ4v) is 2.51. The van der Waals surface area contributed by atoms with Gasteiger partial charge in [0.1, 0.15) is 0 Å². The van der Waals surface area contributed by atoms with E-state index in [1.54, 1.807) is 0 Å². The second-order valence-electron chi connectivity index (χ2n) is 5.38. The molecule has 1 saturated heterocycles. The smallest absolute Gasteiger partial charge is 0.225 e. The fraction of sp³-hybridized carbons (Fsp3) is 0.714. The summed E-state index contributed by atoms with van der Waals surface area (Å²) in [5.41, 5.74) is 1.26. The van der Waals surface area contributed by atoms with E-state index in [0.29, 0.717) is 19.4 Å². The average Bonchev–Trinajstić information content (AvgIpc) is 2.62. The SMILES string of the molecule is CCc1nc(N2CCC[C@](O)(CO)CC2)ncc1C. The Morgan fingerprint density at radius 1 is 1.37 bits per heavy atom. The Labute approximate surface area is 114 Å². The minimum absolute atomic E-state index is 0.171. The van der Waals surface area contributed by atoms with Gasteiger partial charge in [-0.2, -0.15) is 0 Å². The van der Waals surface area contributed by atoms with Crippen LogP contribution in [0.15, 0.2) is 6.20 Å². The minimum Gasteiger partial charge on any atom is -0.393 e. The van der Waals surface area contributed by atoms with Gasteiger partial charge in [0, 0.05) is 25.0 Å². The number of hydrogen-bond acceptors (Lipinski definition) is 5. The van der Waals surface area contributed by atoms with Gasteiger partial charge in [-0.15, -0.1) is 0 Å². The molecule has 0 saturated carbocycles. The van der Waals surface area contributed by atoms with Gasteiger partial charge < -0.3 is 15.1 Å². The van der Waals surface area contributed by atoms with Gasteiger partial charge in [0.15, 0.2) is 0 Å². The van der Waals surface area contributed by atoms with Crippen LogP contribution in [0.25, 0.3) is 0 Å². The second kappa shape index (κ2) is 5.84. The molecule has 0 aliphatic carbocycles. The number of rotatable bonds is 3. The molecule has 19 heavy (non-hydrogen) atoms. The van der Waals surface area contributed by atoms with E-state index < -0.39 is 5.60 Å². The molecule has 1 aliphatic heterocycles. The van der Waals surface area contributed by atoms with Crippen molar-refractivity contribution in [1.29, 1.82) is 0 Å². The van der Waals surface area contributed by atoms with Crippen molar-refractivity contribution in [3.63, 3.8) is 0 Å². The minimum atomic E-state index is -0.937. The van der Waals surface area contributed by atoms with E-state index in [2.05, 4.69) is 21.8 Å². The number of aliphatic hydroxyl groups excluding tert-OH is 1. The lowest BCUT2D eigenvalue weighted by molar-refractivity contribution is -0.0232. The third-order valence-electron chi connectivity index (χ3n) is 3.89. The van der Waals surface area contributed by atoms with Crippen molar-refractivity contribution in [2.75, 3.05) is 24.6 Å². The van der Waals surface area contributed by atoms with Crippen LogP contribution >= 0.6 is 0 Å². The van der Waals surface area contributed by atoms with Crippen molar-refractivity contribution >= 4 is 5.95 Å². The van der Waals surface area contributed by atoms with Gasteiger partial charge in [0.2, 0.25) is 5.95 Å². The highest BCUT2D eigenvalue weighted by molar-refractivity contribution is 5.33. The highest BCUT2D eigenvalue weighted by Gasteiger charge is 2.30. The molecule has 0 unspecified atom stereocenters. The molecular formula is C14H23N3O2. The van der Waals surface area contributed by atoms with Crippen molar-refractivity contribution in [1.82, 2.24) is 9.97 Å². The van der Waals surface area contributed by atoms with Crippen LogP contribution in [0.5, 0.6) is 0 Å². The molecular weight excluding hydrogens is 242 g/mol. The molecule has 2 N–H and O–H groups in total. The molecule has 0 radical (unpaired) electrons. The van der Waals surface area contributed by atoms with Crippen LogP contribution in [0.1, 0.15) is 37.4 Å². The first-order valence-corrected chi connectivity index (χ1v) is 6.98. The van der Waals surface area contributed by atoms with E-state index >= 15 is 0 Å². The number of aliphatic hydroxyl groups is 2. The van der Waals surface area contributed by atoms with Crippen LogP contribution in [0.2, 0.25) is 0 Å². The van der Waals surface area contributed by atoms with Crippen LogP contribution in [0.3, 0.4) is 0 Å². The van der Waals surface area contributed by atoms with Crippen LogP contribution in [0, 0.1) is 6.92 Å². The quantitative estimate of drug-likeness (QED) is 0.855. The highest BCUT2D eigenvalue weighted by atomic mass is 16.3. The van der Waals surface area contributed by atoms with E-state index in [9.17, 15) is 10.2 Å². The maximum atomic E-state index is 10.2. The lowest BCUT2D eigenvalue weighted by Gasteiger charge is -2.24. The van der Waals surface area contributed by atoms with Crippen LogP contribution in [-0.2, 0) is 6.42 Å². The van der Waals surface area contributed by atoms with Crippen molar-refractivity contribution in [2.45, 2.75) is 45.1 Å². The van der Waals surface area contributed by atoms with Gasteiger partial charge in [-0.25, -0.2) is 9.97 Å². The van der Waals surface area contributed by atoms with Gasteiger partial charge in [0.25, 0.3) is 0 Å². The molecule has 1 fully saturated rings. The molecule has 1 atom stereocenters. The predicted molar refractivity (Wildman–Crippen MR) is 74.2 cm³/mol. The van der Waals surface area contributed by atoms with Crippen LogP contribution in [-0.4, -0.2) is 45.5 Å². The zero-order chi connectivity index (χ0) is 13.9. The molecule has 5 heteroatoms. The van der Waals surface area contributed by atoms with E-state index in [1.165, 1.54) is 0 Å². The third-order valence-corrected chi connectivity index (χ3v) is 3.89. The molecule has 1 aromatic heterocycles. The predicted octanol–water partition coefficient (Wildman–Crippen LogP) is 1.06. The summed E-state index contributed by atoms with van der Waals surface area (Å²) in [6.45, 7) is 5.45. The molecule has 0 aromatic carbocycles. The van der Waals surface area contributed by atoms with E-state index in [-0.39, 0.29) is 6.61 Å². The largest absolute Gasteiger partial charge is 0.393 e. The Bertz CT molecular complexity index is 439. The Morgan fingerprint density at radius 2 is 2.16 bits per heavy atom. The molecule has 1 aromatic rings. The van der Waals surface area contributed by atoms with E-state index in [1.807, 2.05) is 13.1 Å². The zero-order valence-corrected chi connectivity index (χ0v) is 11.8. The fourth-order valence-electron chi connectivity index (χ4n) is 2.51. The number of aromatic nitrogens is 2. The normalized spacial score (nSPS) is 24.3. The van der Waals surface area contributed by atoms with Gasteiger partial charge in [0.05, 0.1) is 12.2 Å². The standard InChI is InChI=1S/C14H23N3O2/c1-3-12-11(2)9-15-13(16-12)17-7-4-5-14(19,10-18)6-8-17/h9,18-19H,3-8,10H2,1-2H3/t14-/m1/s1. The molecule has 5 nitrogen and oxygen atoms in total. The first-order valence-electron chi connectivity index (χ1n) is 6.98. The zero-order valence-electron chi connectivity index (χ0n) is 11.8. The topological polar surface area (TPSA) is 69.5 Å². The van der Waals surface area contributed by atoms with Crippen molar-refractivity contribution in [2.24, 2.45) is 0 Å². The number of anilines is 1. The van der Waals surface area contributed by atoms with Gasteiger partial charge in [-0.1, -0.05) is 6.92 Å². The summed E-state index contributed by atoms with van der Waals surface area (Å²) in [4.78, 5) is 11.1. The summed E-state index contributed by atoms with van der Waals surface area (Å²) in [6, 6.07) is 0. The molecule has 106 valence electrons. The summed E-state index contributed by atoms with van der Waals surface area (Å²) >= 11 is 0. The molecule has 0 amide bonds. The summed E-state index contributed by atoms with van der Waals surface area (Å²) in [7, 11) is 0. The maximum absolute atomic E-state index is 10.2. The van der Waals surface area contributed by atoms with E-state index in [4.69, 9.17) is 0 Å². The maximum Gasteiger partial charge on any atom is 0.225 e. The summed E-state index contributed by atoms with van der Waals surface area (Å²) in [6.07, 6.45) is 4.80. The Hall–Kier alpha value is -1.20. The van der Waals surface area contributed by atoms with Crippen molar-refractivity contribution in [3.8, 4) is 0 Å².